The molecule has 0 heterocycles. The van der Waals surface area contributed by atoms with Gasteiger partial charge in [-0.15, -0.1) is 18.6 Å². The molecule has 4 aliphatic carbocycles. The summed E-state index contributed by atoms with van der Waals surface area (Å²) in [5.41, 5.74) is 17.3. The molecule has 37 heavy (non-hydrogen) atoms. The van der Waals surface area contributed by atoms with E-state index in [9.17, 15) is 0 Å². The summed E-state index contributed by atoms with van der Waals surface area (Å²) in [5, 5.41) is 0. The fraction of sp³-hybridized carbons (Fsp3) is 0.382. The number of benzene rings is 2. The molecule has 2 aromatic carbocycles. The Morgan fingerprint density at radius 1 is 0.757 bits per heavy atom. The van der Waals surface area contributed by atoms with Gasteiger partial charge in [-0.05, 0) is 58.4 Å². The number of fused-ring (bicyclic) bond motifs is 5. The summed E-state index contributed by atoms with van der Waals surface area (Å²) >= 11 is 1.30. The monoisotopic (exact) mass is 606 g/mol. The molecule has 0 amide bonds. The minimum Gasteiger partial charge on any atom is -1.00 e. The number of hydrogen-bond acceptors (Lipinski definition) is 0. The normalized spacial score (nSPS) is 20.0. The standard InChI is InChI=1S/C25H25.C8H11.CH2.2ClH.Zr/c1-14-12-24(3,4)22-8-16-7-17-9-23-19(15(2)13-25(23,5)6)11-21(17)20(16)10-18(14)22;1-6-4-7(2)8(3)5-6;;;;/h8-12H,7H2,1-6H3;4,6H,1-3H3;1H2;2*1H;/q2*-1;;;;+2/p-2. The molecule has 1 unspecified atom stereocenters. The van der Waals surface area contributed by atoms with Crippen LogP contribution in [0, 0.1) is 18.1 Å². The third-order valence-corrected chi connectivity index (χ3v) is 7.97. The van der Waals surface area contributed by atoms with Gasteiger partial charge in [-0.2, -0.15) is 11.6 Å². The van der Waals surface area contributed by atoms with Crippen molar-refractivity contribution in [1.29, 1.82) is 0 Å². The first-order chi connectivity index (χ1) is 16.4. The van der Waals surface area contributed by atoms with Gasteiger partial charge >= 0.3 is 28.4 Å². The zero-order valence-electron chi connectivity index (χ0n) is 23.7. The van der Waals surface area contributed by atoms with Crippen LogP contribution in [0.25, 0.3) is 22.3 Å². The maximum Gasteiger partial charge on any atom is -1.00 e. The van der Waals surface area contributed by atoms with E-state index in [0.29, 0.717) is 5.92 Å². The second-order valence-corrected chi connectivity index (χ2v) is 11.6. The molecule has 0 aromatic heterocycles. The van der Waals surface area contributed by atoms with Crippen LogP contribution in [0.15, 0.2) is 47.6 Å². The van der Waals surface area contributed by atoms with Crippen LogP contribution in [-0.4, -0.2) is 4.21 Å². The van der Waals surface area contributed by atoms with E-state index in [1.165, 1.54) is 91.0 Å². The minimum atomic E-state index is 0. The SMILES string of the molecule is CC1=[C-]C(C)(C)c2cc3c(cc21)-c1cc2c(cc1C3)C(C)(C)C=C2C.CC1=[C-]C(C)C=C1C.[CH2]=[Zr+2].[Cl-].[Cl-]. The summed E-state index contributed by atoms with van der Waals surface area (Å²) in [4.78, 5) is 0. The van der Waals surface area contributed by atoms with Crippen molar-refractivity contribution in [2.75, 3.05) is 0 Å². The van der Waals surface area contributed by atoms with Gasteiger partial charge in [0.1, 0.15) is 0 Å². The molecule has 3 heteroatoms. The van der Waals surface area contributed by atoms with Crippen LogP contribution >= 0.6 is 0 Å². The summed E-state index contributed by atoms with van der Waals surface area (Å²) in [6.45, 7) is 20.1. The maximum atomic E-state index is 3.65. The molecule has 0 aliphatic heterocycles. The zero-order valence-corrected chi connectivity index (χ0v) is 27.7. The van der Waals surface area contributed by atoms with E-state index in [1.807, 2.05) is 0 Å². The molecule has 0 saturated heterocycles. The predicted molar refractivity (Wildman–Crippen MR) is 149 cm³/mol. The molecule has 2 aromatic rings. The largest absolute Gasteiger partial charge is 1.00 e. The maximum absolute atomic E-state index is 3.65. The first kappa shape index (κ1) is 31.9. The smallest absolute Gasteiger partial charge is 1.00 e. The van der Waals surface area contributed by atoms with Crippen LogP contribution in [-0.2, 0) is 41.5 Å². The van der Waals surface area contributed by atoms with E-state index in [2.05, 4.69) is 115 Å². The van der Waals surface area contributed by atoms with Crippen LogP contribution in [0.5, 0.6) is 0 Å². The van der Waals surface area contributed by atoms with Crippen LogP contribution in [0.1, 0.15) is 95.7 Å². The number of rotatable bonds is 0. The third-order valence-electron chi connectivity index (χ3n) is 7.97. The molecule has 0 radical (unpaired) electrons. The Kier molecular flexibility index (Phi) is 9.89. The van der Waals surface area contributed by atoms with Crippen LogP contribution < -0.4 is 24.8 Å². The number of hydrogen-bond donors (Lipinski definition) is 0. The van der Waals surface area contributed by atoms with E-state index in [0.717, 1.165) is 6.42 Å². The first-order valence-corrected chi connectivity index (χ1v) is 14.4. The average Bonchev–Trinajstić information content (AvgIpc) is 3.42. The van der Waals surface area contributed by atoms with E-state index in [1.54, 1.807) is 0 Å². The quantitative estimate of drug-likeness (QED) is 0.345. The van der Waals surface area contributed by atoms with Crippen molar-refractivity contribution in [3.8, 4) is 11.1 Å². The molecule has 4 aliphatic rings. The van der Waals surface area contributed by atoms with Crippen molar-refractivity contribution in [2.24, 2.45) is 5.92 Å². The van der Waals surface area contributed by atoms with Crippen LogP contribution in [0.4, 0.5) is 0 Å². The van der Waals surface area contributed by atoms with Crippen molar-refractivity contribution in [3.63, 3.8) is 0 Å². The molecule has 0 spiro atoms. The van der Waals surface area contributed by atoms with Gasteiger partial charge in [0.25, 0.3) is 0 Å². The Hall–Kier alpha value is -1.27. The van der Waals surface area contributed by atoms with Gasteiger partial charge in [-0.1, -0.05) is 78.0 Å². The molecular weight excluding hydrogens is 571 g/mol. The van der Waals surface area contributed by atoms with Gasteiger partial charge in [0.05, 0.1) is 0 Å². The van der Waals surface area contributed by atoms with E-state index in [4.69, 9.17) is 0 Å². The predicted octanol–water partition coefficient (Wildman–Crippen LogP) is 2.76. The van der Waals surface area contributed by atoms with E-state index < -0.39 is 0 Å². The molecule has 194 valence electrons. The molecule has 1 atom stereocenters. The van der Waals surface area contributed by atoms with Gasteiger partial charge in [-0.3, -0.25) is 12.2 Å². The van der Waals surface area contributed by atoms with Crippen molar-refractivity contribution < 1.29 is 49.0 Å². The molecule has 0 fully saturated rings. The fourth-order valence-electron chi connectivity index (χ4n) is 6.27. The molecule has 6 rings (SSSR count). The van der Waals surface area contributed by atoms with Crippen molar-refractivity contribution in [3.05, 3.63) is 93.1 Å². The van der Waals surface area contributed by atoms with Gasteiger partial charge in [0.15, 0.2) is 0 Å². The van der Waals surface area contributed by atoms with Gasteiger partial charge in [0, 0.05) is 5.41 Å². The average molecular weight is 609 g/mol. The van der Waals surface area contributed by atoms with Crippen LogP contribution in [0.2, 0.25) is 0 Å². The Balaban J connectivity index is 0.000000345. The Morgan fingerprint density at radius 2 is 1.30 bits per heavy atom. The van der Waals surface area contributed by atoms with Gasteiger partial charge in [0.2, 0.25) is 0 Å². The van der Waals surface area contributed by atoms with Crippen molar-refractivity contribution >= 4 is 15.4 Å². The second kappa shape index (κ2) is 11.5. The van der Waals surface area contributed by atoms with Crippen LogP contribution in [0.3, 0.4) is 0 Å². The van der Waals surface area contributed by atoms with Gasteiger partial charge < -0.3 is 24.8 Å². The Labute approximate surface area is 252 Å². The summed E-state index contributed by atoms with van der Waals surface area (Å²) in [6, 6.07) is 9.81. The minimum absolute atomic E-state index is 0. The topological polar surface area (TPSA) is 0 Å². The Morgan fingerprint density at radius 3 is 1.78 bits per heavy atom. The Bertz CT molecular complexity index is 1250. The van der Waals surface area contributed by atoms with Crippen molar-refractivity contribution in [2.45, 2.75) is 79.6 Å². The second-order valence-electron chi connectivity index (χ2n) is 11.6. The summed E-state index contributed by atoms with van der Waals surface area (Å²) < 4.78 is 3.34. The third kappa shape index (κ3) is 5.71. The zero-order chi connectivity index (χ0) is 25.9. The van der Waals surface area contributed by atoms with E-state index >= 15 is 0 Å². The van der Waals surface area contributed by atoms with E-state index in [-0.39, 0.29) is 35.6 Å². The molecule has 0 nitrogen and oxygen atoms in total. The number of halogens is 2. The molecular formula is C34H38Cl2Zr-2. The van der Waals surface area contributed by atoms with Gasteiger partial charge in [-0.25, -0.2) is 16.7 Å². The first-order valence-electron chi connectivity index (χ1n) is 12.7. The number of allylic oxidation sites excluding steroid dienone is 8. The molecule has 0 saturated carbocycles. The summed E-state index contributed by atoms with van der Waals surface area (Å²) in [6.07, 6.45) is 12.7. The fourth-order valence-corrected chi connectivity index (χ4v) is 6.27. The van der Waals surface area contributed by atoms with Crippen molar-refractivity contribution in [1.82, 2.24) is 0 Å². The summed E-state index contributed by atoms with van der Waals surface area (Å²) in [7, 11) is 0. The molecule has 0 bridgehead atoms. The molecule has 0 N–H and O–H groups in total. The summed E-state index contributed by atoms with van der Waals surface area (Å²) in [5.74, 6) is 0.551.